The van der Waals surface area contributed by atoms with Crippen LogP contribution in [0.2, 0.25) is 25.7 Å². The summed E-state index contributed by atoms with van der Waals surface area (Å²) < 4.78 is 5.39. The van der Waals surface area contributed by atoms with E-state index < -0.39 is 8.07 Å². The van der Waals surface area contributed by atoms with Gasteiger partial charge in [0.1, 0.15) is 12.4 Å². The number of hydrogen-bond acceptors (Lipinski definition) is 2. The van der Waals surface area contributed by atoms with E-state index >= 15 is 0 Å². The molecule has 0 saturated heterocycles. The van der Waals surface area contributed by atoms with Gasteiger partial charge in [-0.3, -0.25) is 4.79 Å². The van der Waals surface area contributed by atoms with E-state index in [1.54, 1.807) is 0 Å². The Kier molecular flexibility index (Phi) is 4.09. The van der Waals surface area contributed by atoms with Crippen LogP contribution in [0.5, 0.6) is 5.75 Å². The highest BCUT2D eigenvalue weighted by molar-refractivity contribution is 6.78. The smallest absolute Gasteiger partial charge is 0.167 e. The first-order valence-electron chi connectivity index (χ1n) is 5.17. The zero-order valence-corrected chi connectivity index (χ0v) is 10.6. The van der Waals surface area contributed by atoms with Gasteiger partial charge in [0.15, 0.2) is 5.78 Å². The molecule has 0 aliphatic rings. The van der Waals surface area contributed by atoms with Gasteiger partial charge >= 0.3 is 0 Å². The molecule has 0 saturated carbocycles. The number of ketones is 1. The molecule has 0 fully saturated rings. The molecule has 1 aromatic rings. The van der Waals surface area contributed by atoms with Gasteiger partial charge in [-0.25, -0.2) is 0 Å². The number of hydrogen-bond donors (Lipinski definition) is 0. The summed E-state index contributed by atoms with van der Waals surface area (Å²) in [4.78, 5) is 11.5. The maximum Gasteiger partial charge on any atom is 0.167 e. The van der Waals surface area contributed by atoms with Crippen LogP contribution in [-0.4, -0.2) is 20.5 Å². The van der Waals surface area contributed by atoms with Crippen LogP contribution in [0.4, 0.5) is 0 Å². The van der Waals surface area contributed by atoms with Crippen molar-refractivity contribution < 1.29 is 9.53 Å². The molecule has 0 bridgehead atoms. The minimum atomic E-state index is -1.29. The lowest BCUT2D eigenvalue weighted by Gasteiger charge is -2.14. The molecule has 1 aromatic carbocycles. The van der Waals surface area contributed by atoms with Crippen molar-refractivity contribution in [2.45, 2.75) is 25.7 Å². The maximum atomic E-state index is 11.5. The summed E-state index contributed by atoms with van der Waals surface area (Å²) in [5.41, 5.74) is 0. The fourth-order valence-electron chi connectivity index (χ4n) is 1.32. The van der Waals surface area contributed by atoms with Crippen LogP contribution < -0.4 is 4.74 Å². The zero-order chi connectivity index (χ0) is 11.3. The Bertz CT molecular complexity index is 314. The van der Waals surface area contributed by atoms with E-state index in [9.17, 15) is 4.79 Å². The Morgan fingerprint density at radius 3 is 2.33 bits per heavy atom. The van der Waals surface area contributed by atoms with Crippen molar-refractivity contribution in [2.24, 2.45) is 0 Å². The molecule has 0 amide bonds. The molecule has 82 valence electrons. The van der Waals surface area contributed by atoms with Crippen LogP contribution in [0, 0.1) is 0 Å². The molecule has 0 aromatic heterocycles. The number of benzene rings is 1. The van der Waals surface area contributed by atoms with Crippen molar-refractivity contribution in [1.82, 2.24) is 0 Å². The summed E-state index contributed by atoms with van der Waals surface area (Å²) in [6.45, 7) is 6.77. The highest BCUT2D eigenvalue weighted by Crippen LogP contribution is 2.11. The number of carbonyl (C=O) groups excluding carboxylic acids is 1. The van der Waals surface area contributed by atoms with Gasteiger partial charge in [0.25, 0.3) is 0 Å². The SMILES string of the molecule is C[Si](C)(C)CC(=O)COc1ccccc1. The minimum absolute atomic E-state index is 0.203. The van der Waals surface area contributed by atoms with Gasteiger partial charge in [0, 0.05) is 6.04 Å². The normalized spacial score (nSPS) is 11.1. The van der Waals surface area contributed by atoms with Crippen LogP contribution in [0.25, 0.3) is 0 Å². The van der Waals surface area contributed by atoms with E-state index in [2.05, 4.69) is 19.6 Å². The third-order valence-corrected chi connectivity index (χ3v) is 3.33. The van der Waals surface area contributed by atoms with Crippen molar-refractivity contribution in [2.75, 3.05) is 6.61 Å². The van der Waals surface area contributed by atoms with Gasteiger partial charge in [-0.2, -0.15) is 0 Å². The summed E-state index contributed by atoms with van der Waals surface area (Å²) in [5, 5.41) is 0. The van der Waals surface area contributed by atoms with Gasteiger partial charge in [0.2, 0.25) is 0 Å². The Morgan fingerprint density at radius 1 is 1.20 bits per heavy atom. The highest BCUT2D eigenvalue weighted by Gasteiger charge is 2.18. The molecule has 0 atom stereocenters. The molecule has 15 heavy (non-hydrogen) atoms. The molecule has 0 aliphatic carbocycles. The van der Waals surface area contributed by atoms with Crippen molar-refractivity contribution in [3.63, 3.8) is 0 Å². The molecule has 0 radical (unpaired) electrons. The van der Waals surface area contributed by atoms with E-state index in [0.717, 1.165) is 5.75 Å². The maximum absolute atomic E-state index is 11.5. The number of Topliss-reactive ketones (excluding diaryl/α,β-unsaturated/α-hetero) is 1. The summed E-state index contributed by atoms with van der Waals surface area (Å²) in [6.07, 6.45) is 0. The van der Waals surface area contributed by atoms with Crippen molar-refractivity contribution in [3.8, 4) is 5.75 Å². The largest absolute Gasteiger partial charge is 0.486 e. The van der Waals surface area contributed by atoms with E-state index in [-0.39, 0.29) is 12.4 Å². The Labute approximate surface area is 92.3 Å². The van der Waals surface area contributed by atoms with Crippen LogP contribution >= 0.6 is 0 Å². The van der Waals surface area contributed by atoms with Gasteiger partial charge in [0.05, 0.1) is 8.07 Å². The van der Waals surface area contributed by atoms with Gasteiger partial charge in [-0.05, 0) is 12.1 Å². The van der Waals surface area contributed by atoms with Crippen molar-refractivity contribution in [3.05, 3.63) is 30.3 Å². The zero-order valence-electron chi connectivity index (χ0n) is 9.62. The van der Waals surface area contributed by atoms with Crippen molar-refractivity contribution in [1.29, 1.82) is 0 Å². The second kappa shape index (κ2) is 5.12. The molecule has 1 rings (SSSR count). The van der Waals surface area contributed by atoms with Crippen LogP contribution in [0.1, 0.15) is 0 Å². The molecule has 0 aliphatic heterocycles. The average Bonchev–Trinajstić information content (AvgIpc) is 2.14. The van der Waals surface area contributed by atoms with Crippen LogP contribution in [0.15, 0.2) is 30.3 Å². The fourth-order valence-corrected chi connectivity index (χ4v) is 2.61. The number of para-hydroxylation sites is 1. The van der Waals surface area contributed by atoms with Gasteiger partial charge in [-0.15, -0.1) is 0 Å². The molecule has 0 heterocycles. The fraction of sp³-hybridized carbons (Fsp3) is 0.417. The first-order chi connectivity index (χ1) is 6.97. The van der Waals surface area contributed by atoms with Gasteiger partial charge in [-0.1, -0.05) is 37.8 Å². The average molecular weight is 222 g/mol. The van der Waals surface area contributed by atoms with Crippen molar-refractivity contribution >= 4 is 13.9 Å². The predicted molar refractivity (Wildman–Crippen MR) is 65.1 cm³/mol. The Balaban J connectivity index is 2.35. The monoisotopic (exact) mass is 222 g/mol. The molecule has 2 nitrogen and oxygen atoms in total. The quantitative estimate of drug-likeness (QED) is 0.716. The van der Waals surface area contributed by atoms with E-state index in [1.165, 1.54) is 0 Å². The third kappa shape index (κ3) is 5.37. The highest BCUT2D eigenvalue weighted by atomic mass is 28.3. The molecular weight excluding hydrogens is 204 g/mol. The Morgan fingerprint density at radius 2 is 1.80 bits per heavy atom. The number of carbonyl (C=O) groups is 1. The second-order valence-corrected chi connectivity index (χ2v) is 10.4. The third-order valence-electron chi connectivity index (χ3n) is 1.87. The molecular formula is C12H18O2Si. The molecule has 3 heteroatoms. The predicted octanol–water partition coefficient (Wildman–Crippen LogP) is 2.97. The van der Waals surface area contributed by atoms with Gasteiger partial charge < -0.3 is 4.74 Å². The lowest BCUT2D eigenvalue weighted by molar-refractivity contribution is -0.119. The molecule has 0 N–H and O–H groups in total. The van der Waals surface area contributed by atoms with Crippen LogP contribution in [0.3, 0.4) is 0 Å². The van der Waals surface area contributed by atoms with Crippen LogP contribution in [-0.2, 0) is 4.79 Å². The first-order valence-corrected chi connectivity index (χ1v) is 8.88. The minimum Gasteiger partial charge on any atom is -0.486 e. The number of ether oxygens (including phenoxy) is 1. The summed E-state index contributed by atoms with van der Waals surface area (Å²) in [5.74, 6) is 0.972. The van der Waals surface area contributed by atoms with E-state index in [4.69, 9.17) is 4.74 Å². The number of rotatable bonds is 5. The molecule has 0 spiro atoms. The van der Waals surface area contributed by atoms with E-state index in [1.807, 2.05) is 30.3 Å². The molecule has 0 unspecified atom stereocenters. The lowest BCUT2D eigenvalue weighted by atomic mass is 10.3. The first kappa shape index (κ1) is 12.0. The summed E-state index contributed by atoms with van der Waals surface area (Å²) in [7, 11) is -1.29. The summed E-state index contributed by atoms with van der Waals surface area (Å²) in [6, 6.07) is 10.1. The summed E-state index contributed by atoms with van der Waals surface area (Å²) >= 11 is 0. The second-order valence-electron chi connectivity index (χ2n) is 4.88. The lowest BCUT2D eigenvalue weighted by Crippen LogP contribution is -2.26. The standard InChI is InChI=1S/C12H18O2Si/c1-15(2,3)10-11(13)9-14-12-7-5-4-6-8-12/h4-8H,9-10H2,1-3H3. The van der Waals surface area contributed by atoms with E-state index in [0.29, 0.717) is 6.04 Å². The topological polar surface area (TPSA) is 26.3 Å². The Hall–Kier alpha value is -1.09.